The normalized spacial score (nSPS) is 23.8. The molecule has 1 fully saturated rings. The van der Waals surface area contributed by atoms with Gasteiger partial charge in [-0.15, -0.1) is 0 Å². The van der Waals surface area contributed by atoms with Crippen LogP contribution in [-0.4, -0.2) is 29.1 Å². The summed E-state index contributed by atoms with van der Waals surface area (Å²) in [7, 11) is 0. The minimum Gasteiger partial charge on any atom is -0.481 e. The summed E-state index contributed by atoms with van der Waals surface area (Å²) >= 11 is 0. The SMILES string of the molecule is CCC1(C(=O)O)CCCN(Cc2c(F)cccc2F)C1. The Hall–Kier alpha value is -1.49. The number of piperidine rings is 1. The van der Waals surface area contributed by atoms with Gasteiger partial charge in [-0.3, -0.25) is 9.69 Å². The van der Waals surface area contributed by atoms with Crippen LogP contribution in [-0.2, 0) is 11.3 Å². The number of carboxylic acid groups (broad SMARTS) is 1. The molecule has 1 heterocycles. The summed E-state index contributed by atoms with van der Waals surface area (Å²) in [5, 5.41) is 9.41. The molecular weight excluding hydrogens is 264 g/mol. The van der Waals surface area contributed by atoms with Crippen molar-refractivity contribution in [1.82, 2.24) is 4.90 Å². The number of carboxylic acids is 1. The van der Waals surface area contributed by atoms with E-state index in [1.54, 1.807) is 0 Å². The largest absolute Gasteiger partial charge is 0.481 e. The summed E-state index contributed by atoms with van der Waals surface area (Å²) in [6.45, 7) is 2.98. The molecule has 5 heteroatoms. The fourth-order valence-corrected chi connectivity index (χ4v) is 2.88. The van der Waals surface area contributed by atoms with E-state index in [1.165, 1.54) is 18.2 Å². The Bertz CT molecular complexity index is 486. The van der Waals surface area contributed by atoms with Gasteiger partial charge in [0.1, 0.15) is 11.6 Å². The minimum absolute atomic E-state index is 0.0183. The lowest BCUT2D eigenvalue weighted by Crippen LogP contribution is -2.47. The Morgan fingerprint density at radius 2 is 2.05 bits per heavy atom. The van der Waals surface area contributed by atoms with Crippen LogP contribution in [0.1, 0.15) is 31.7 Å². The predicted molar refractivity (Wildman–Crippen MR) is 71.2 cm³/mol. The van der Waals surface area contributed by atoms with Crippen LogP contribution in [0.2, 0.25) is 0 Å². The Morgan fingerprint density at radius 1 is 1.40 bits per heavy atom. The highest BCUT2D eigenvalue weighted by Gasteiger charge is 2.40. The van der Waals surface area contributed by atoms with Crippen LogP contribution in [0.4, 0.5) is 8.78 Å². The van der Waals surface area contributed by atoms with Crippen LogP contribution in [0.25, 0.3) is 0 Å². The lowest BCUT2D eigenvalue weighted by atomic mass is 9.77. The molecule has 0 saturated carbocycles. The molecule has 1 aromatic rings. The van der Waals surface area contributed by atoms with Gasteiger partial charge in [0.05, 0.1) is 5.41 Å². The molecule has 0 aliphatic carbocycles. The second kappa shape index (κ2) is 5.87. The number of carbonyl (C=O) groups is 1. The van der Waals surface area contributed by atoms with Gasteiger partial charge in [-0.2, -0.15) is 0 Å². The molecule has 1 aliphatic heterocycles. The summed E-state index contributed by atoms with van der Waals surface area (Å²) in [6, 6.07) is 3.79. The Morgan fingerprint density at radius 3 is 2.60 bits per heavy atom. The summed E-state index contributed by atoms with van der Waals surface area (Å²) < 4.78 is 27.3. The molecule has 0 amide bonds. The number of nitrogens with zero attached hydrogens (tertiary/aromatic N) is 1. The van der Waals surface area contributed by atoms with Crippen LogP contribution >= 0.6 is 0 Å². The third-order valence-corrected chi connectivity index (χ3v) is 4.23. The van der Waals surface area contributed by atoms with Gasteiger partial charge in [0.15, 0.2) is 0 Å². The number of likely N-dealkylation sites (tertiary alicyclic amines) is 1. The van der Waals surface area contributed by atoms with Gasteiger partial charge in [-0.25, -0.2) is 8.78 Å². The van der Waals surface area contributed by atoms with Crippen LogP contribution in [0.15, 0.2) is 18.2 Å². The van der Waals surface area contributed by atoms with Crippen molar-refractivity contribution in [2.24, 2.45) is 5.41 Å². The van der Waals surface area contributed by atoms with Crippen molar-refractivity contribution in [2.75, 3.05) is 13.1 Å². The van der Waals surface area contributed by atoms with Gasteiger partial charge >= 0.3 is 5.97 Å². The average molecular weight is 283 g/mol. The number of halogens is 2. The molecule has 20 heavy (non-hydrogen) atoms. The van der Waals surface area contributed by atoms with Gasteiger partial charge in [-0.1, -0.05) is 13.0 Å². The maximum atomic E-state index is 13.7. The third-order valence-electron chi connectivity index (χ3n) is 4.23. The first-order chi connectivity index (χ1) is 9.48. The smallest absolute Gasteiger partial charge is 0.310 e. The molecule has 1 unspecified atom stereocenters. The van der Waals surface area contributed by atoms with Crippen molar-refractivity contribution in [2.45, 2.75) is 32.7 Å². The van der Waals surface area contributed by atoms with Crippen LogP contribution in [0.3, 0.4) is 0 Å². The lowest BCUT2D eigenvalue weighted by molar-refractivity contribution is -0.153. The topological polar surface area (TPSA) is 40.5 Å². The Balaban J connectivity index is 2.16. The number of hydrogen-bond donors (Lipinski definition) is 1. The quantitative estimate of drug-likeness (QED) is 0.923. The van der Waals surface area contributed by atoms with Crippen molar-refractivity contribution in [3.63, 3.8) is 0 Å². The van der Waals surface area contributed by atoms with E-state index in [0.29, 0.717) is 25.9 Å². The van der Waals surface area contributed by atoms with Crippen molar-refractivity contribution in [3.8, 4) is 0 Å². The maximum absolute atomic E-state index is 13.7. The Kier molecular flexibility index (Phi) is 4.38. The summed E-state index contributed by atoms with van der Waals surface area (Å²) in [5.41, 5.74) is -0.773. The van der Waals surface area contributed by atoms with Crippen molar-refractivity contribution >= 4 is 5.97 Å². The average Bonchev–Trinajstić information content (AvgIpc) is 2.43. The van der Waals surface area contributed by atoms with Gasteiger partial charge in [0.2, 0.25) is 0 Å². The van der Waals surface area contributed by atoms with Gasteiger partial charge in [0, 0.05) is 18.7 Å². The zero-order valence-corrected chi connectivity index (χ0v) is 11.5. The van der Waals surface area contributed by atoms with E-state index >= 15 is 0 Å². The highest BCUT2D eigenvalue weighted by molar-refractivity contribution is 5.75. The molecule has 1 N–H and O–H groups in total. The molecule has 1 aromatic carbocycles. The van der Waals surface area contributed by atoms with E-state index in [2.05, 4.69) is 0 Å². The van der Waals surface area contributed by atoms with Gasteiger partial charge in [-0.05, 0) is 37.9 Å². The summed E-state index contributed by atoms with van der Waals surface area (Å²) in [6.07, 6.45) is 1.88. The molecule has 0 radical (unpaired) electrons. The van der Waals surface area contributed by atoms with Crippen molar-refractivity contribution < 1.29 is 18.7 Å². The molecular formula is C15H19F2NO2. The molecule has 0 aromatic heterocycles. The summed E-state index contributed by atoms with van der Waals surface area (Å²) in [4.78, 5) is 13.3. The van der Waals surface area contributed by atoms with E-state index in [0.717, 1.165) is 6.42 Å². The molecule has 2 rings (SSSR count). The molecule has 0 bridgehead atoms. The molecule has 3 nitrogen and oxygen atoms in total. The molecule has 0 spiro atoms. The minimum atomic E-state index is -0.821. The number of rotatable bonds is 4. The zero-order valence-electron chi connectivity index (χ0n) is 11.5. The first kappa shape index (κ1) is 14.9. The fourth-order valence-electron chi connectivity index (χ4n) is 2.88. The van der Waals surface area contributed by atoms with E-state index in [9.17, 15) is 18.7 Å². The van der Waals surface area contributed by atoms with Crippen LogP contribution < -0.4 is 0 Å². The Labute approximate surface area is 117 Å². The highest BCUT2D eigenvalue weighted by Crippen LogP contribution is 2.34. The molecule has 110 valence electrons. The number of aliphatic carboxylic acids is 1. The van der Waals surface area contributed by atoms with Crippen LogP contribution in [0.5, 0.6) is 0 Å². The van der Waals surface area contributed by atoms with Gasteiger partial charge in [0.25, 0.3) is 0 Å². The number of hydrogen-bond acceptors (Lipinski definition) is 2. The van der Waals surface area contributed by atoms with Crippen molar-refractivity contribution in [1.29, 1.82) is 0 Å². The maximum Gasteiger partial charge on any atom is 0.310 e. The highest BCUT2D eigenvalue weighted by atomic mass is 19.1. The second-order valence-electron chi connectivity index (χ2n) is 5.45. The van der Waals surface area contributed by atoms with E-state index in [1.807, 2.05) is 11.8 Å². The monoisotopic (exact) mass is 283 g/mol. The second-order valence-corrected chi connectivity index (χ2v) is 5.45. The zero-order chi connectivity index (χ0) is 14.8. The third kappa shape index (κ3) is 2.82. The first-order valence-corrected chi connectivity index (χ1v) is 6.87. The van der Waals surface area contributed by atoms with E-state index < -0.39 is 23.0 Å². The van der Waals surface area contributed by atoms with E-state index in [4.69, 9.17) is 0 Å². The molecule has 1 aliphatic rings. The standard InChI is InChI=1S/C15H19F2NO2/c1-2-15(14(19)20)7-4-8-18(10-15)9-11-12(16)5-3-6-13(11)17/h3,5-6H,2,4,7-10H2,1H3,(H,19,20). The van der Waals surface area contributed by atoms with Crippen LogP contribution in [0, 0.1) is 17.0 Å². The van der Waals surface area contributed by atoms with Crippen molar-refractivity contribution in [3.05, 3.63) is 35.4 Å². The lowest BCUT2D eigenvalue weighted by Gasteiger charge is -2.39. The fraction of sp³-hybridized carbons (Fsp3) is 0.533. The summed E-state index contributed by atoms with van der Waals surface area (Å²) in [5.74, 6) is -1.97. The molecule has 1 atom stereocenters. The number of benzene rings is 1. The van der Waals surface area contributed by atoms with Gasteiger partial charge < -0.3 is 5.11 Å². The van der Waals surface area contributed by atoms with E-state index in [-0.39, 0.29) is 12.1 Å². The predicted octanol–water partition coefficient (Wildman–Crippen LogP) is 3.04. The first-order valence-electron chi connectivity index (χ1n) is 6.87. The molecule has 1 saturated heterocycles.